The van der Waals surface area contributed by atoms with Crippen molar-refractivity contribution in [2.24, 2.45) is 0 Å². The van der Waals surface area contributed by atoms with Gasteiger partial charge in [0.2, 0.25) is 0 Å². The Balaban J connectivity index is 1.65. The van der Waals surface area contributed by atoms with Gasteiger partial charge in [-0.2, -0.15) is 0 Å². The average molecular weight is 214 g/mol. The first-order chi connectivity index (χ1) is 7.95. The van der Waals surface area contributed by atoms with Gasteiger partial charge in [-0.25, -0.2) is 0 Å². The van der Waals surface area contributed by atoms with Gasteiger partial charge in [-0.3, -0.25) is 0 Å². The average Bonchev–Trinajstić information content (AvgIpc) is 2.37. The lowest BCUT2D eigenvalue weighted by atomic mass is 10.1. The molecule has 2 nitrogen and oxygen atoms in total. The molecular weight excluding hydrogens is 196 g/mol. The molecule has 2 N–H and O–H groups in total. The molecule has 1 aliphatic carbocycles. The number of hydrogen-bond donors (Lipinski definition) is 2. The molecule has 0 unspecified atom stereocenters. The zero-order valence-corrected chi connectivity index (χ0v) is 9.45. The minimum Gasteiger partial charge on any atom is -0.387 e. The van der Waals surface area contributed by atoms with Gasteiger partial charge in [0.25, 0.3) is 0 Å². The molecule has 0 amide bonds. The van der Waals surface area contributed by atoms with Crippen LogP contribution in [0.25, 0.3) is 0 Å². The number of rotatable bonds is 5. The lowest BCUT2D eigenvalue weighted by Gasteiger charge is -2.12. The Morgan fingerprint density at radius 2 is 1.81 bits per heavy atom. The summed E-state index contributed by atoms with van der Waals surface area (Å²) in [5.74, 6) is 0. The molecule has 16 heavy (non-hydrogen) atoms. The van der Waals surface area contributed by atoms with Crippen LogP contribution in [-0.4, -0.2) is 13.1 Å². The molecule has 1 aromatic rings. The molecule has 1 aliphatic rings. The maximum atomic E-state index is 3.44. The van der Waals surface area contributed by atoms with Crippen molar-refractivity contribution in [2.75, 3.05) is 18.4 Å². The number of benzene rings is 1. The number of hydrogen-bond acceptors (Lipinski definition) is 2. The molecule has 0 aromatic heterocycles. The second-order valence-electron chi connectivity index (χ2n) is 3.88. The van der Waals surface area contributed by atoms with Crippen molar-refractivity contribution in [3.05, 3.63) is 54.3 Å². The molecule has 0 bridgehead atoms. The van der Waals surface area contributed by atoms with Crippen LogP contribution in [0.2, 0.25) is 0 Å². The maximum absolute atomic E-state index is 3.44. The maximum Gasteiger partial charge on any atom is 0.0340 e. The third-order valence-electron chi connectivity index (χ3n) is 2.59. The topological polar surface area (TPSA) is 24.1 Å². The Morgan fingerprint density at radius 3 is 2.56 bits per heavy atom. The summed E-state index contributed by atoms with van der Waals surface area (Å²) in [4.78, 5) is 0. The summed E-state index contributed by atoms with van der Waals surface area (Å²) >= 11 is 0. The van der Waals surface area contributed by atoms with E-state index in [1.807, 2.05) is 18.2 Å². The third kappa shape index (κ3) is 3.46. The van der Waals surface area contributed by atoms with Crippen molar-refractivity contribution in [1.82, 2.24) is 5.32 Å². The largest absolute Gasteiger partial charge is 0.387 e. The standard InChI is InChI=1S/C14H18N2/c1-3-7-13(8-4-1)15-11-12-16-14-9-5-2-6-10-14/h1-5,7-9,15-16H,6,10-12H2. The van der Waals surface area contributed by atoms with Crippen LogP contribution in [0.4, 0.5) is 5.69 Å². The fourth-order valence-electron chi connectivity index (χ4n) is 1.74. The summed E-state index contributed by atoms with van der Waals surface area (Å²) < 4.78 is 0. The lowest BCUT2D eigenvalue weighted by Crippen LogP contribution is -2.22. The molecule has 0 saturated heterocycles. The Kier molecular flexibility index (Phi) is 4.06. The van der Waals surface area contributed by atoms with E-state index in [2.05, 4.69) is 41.0 Å². The van der Waals surface area contributed by atoms with Gasteiger partial charge in [0.15, 0.2) is 0 Å². The van der Waals surface area contributed by atoms with Crippen molar-refractivity contribution < 1.29 is 0 Å². The van der Waals surface area contributed by atoms with Gasteiger partial charge in [0.05, 0.1) is 0 Å². The highest BCUT2D eigenvalue weighted by atomic mass is 14.9. The summed E-state index contributed by atoms with van der Waals surface area (Å²) in [6, 6.07) is 10.3. The van der Waals surface area contributed by atoms with Crippen molar-refractivity contribution in [1.29, 1.82) is 0 Å². The van der Waals surface area contributed by atoms with E-state index in [0.29, 0.717) is 0 Å². The van der Waals surface area contributed by atoms with E-state index in [9.17, 15) is 0 Å². The summed E-state index contributed by atoms with van der Waals surface area (Å²) in [6.07, 6.45) is 8.78. The molecule has 2 heteroatoms. The van der Waals surface area contributed by atoms with E-state index < -0.39 is 0 Å². The van der Waals surface area contributed by atoms with Crippen LogP contribution in [0.15, 0.2) is 54.3 Å². The highest BCUT2D eigenvalue weighted by molar-refractivity contribution is 5.42. The first kappa shape index (κ1) is 10.8. The second kappa shape index (κ2) is 6.01. The molecule has 0 radical (unpaired) electrons. The summed E-state index contributed by atoms with van der Waals surface area (Å²) in [5, 5.41) is 6.82. The van der Waals surface area contributed by atoms with E-state index >= 15 is 0 Å². The number of para-hydroxylation sites is 1. The summed E-state index contributed by atoms with van der Waals surface area (Å²) in [6.45, 7) is 1.92. The van der Waals surface area contributed by atoms with E-state index in [1.165, 1.54) is 11.4 Å². The van der Waals surface area contributed by atoms with Gasteiger partial charge in [-0.1, -0.05) is 30.4 Å². The van der Waals surface area contributed by atoms with Crippen molar-refractivity contribution in [3.8, 4) is 0 Å². The predicted octanol–water partition coefficient (Wildman–Crippen LogP) is 2.92. The zero-order valence-electron chi connectivity index (χ0n) is 9.45. The lowest BCUT2D eigenvalue weighted by molar-refractivity contribution is 0.755. The van der Waals surface area contributed by atoms with Gasteiger partial charge in [-0.05, 0) is 31.1 Å². The number of nitrogens with one attached hydrogen (secondary N) is 2. The number of allylic oxidation sites excluding steroid dienone is 4. The SMILES string of the molecule is C1=CCCC(NCCNc2ccccc2)=C1. The predicted molar refractivity (Wildman–Crippen MR) is 69.4 cm³/mol. The Bertz CT molecular complexity index is 366. The van der Waals surface area contributed by atoms with Gasteiger partial charge < -0.3 is 10.6 Å². The molecular formula is C14H18N2. The van der Waals surface area contributed by atoms with Crippen LogP contribution in [0, 0.1) is 0 Å². The minimum atomic E-state index is 0.949. The van der Waals surface area contributed by atoms with E-state index in [-0.39, 0.29) is 0 Å². The fourth-order valence-corrected chi connectivity index (χ4v) is 1.74. The van der Waals surface area contributed by atoms with Crippen LogP contribution in [0.1, 0.15) is 12.8 Å². The normalized spacial score (nSPS) is 14.4. The van der Waals surface area contributed by atoms with Crippen LogP contribution in [0.3, 0.4) is 0 Å². The summed E-state index contributed by atoms with van der Waals surface area (Å²) in [5.41, 5.74) is 2.53. The van der Waals surface area contributed by atoms with Gasteiger partial charge in [0.1, 0.15) is 0 Å². The van der Waals surface area contributed by atoms with Crippen molar-refractivity contribution in [2.45, 2.75) is 12.8 Å². The van der Waals surface area contributed by atoms with Crippen LogP contribution >= 0.6 is 0 Å². The van der Waals surface area contributed by atoms with Crippen molar-refractivity contribution >= 4 is 5.69 Å². The first-order valence-corrected chi connectivity index (χ1v) is 5.83. The highest BCUT2D eigenvalue weighted by Crippen LogP contribution is 2.08. The zero-order chi connectivity index (χ0) is 11.1. The molecule has 0 spiro atoms. The molecule has 0 heterocycles. The quantitative estimate of drug-likeness (QED) is 0.736. The molecule has 0 aliphatic heterocycles. The second-order valence-corrected chi connectivity index (χ2v) is 3.88. The highest BCUT2D eigenvalue weighted by Gasteiger charge is 1.97. The van der Waals surface area contributed by atoms with E-state index in [1.54, 1.807) is 0 Å². The van der Waals surface area contributed by atoms with Gasteiger partial charge >= 0.3 is 0 Å². The van der Waals surface area contributed by atoms with E-state index in [4.69, 9.17) is 0 Å². The van der Waals surface area contributed by atoms with Crippen molar-refractivity contribution in [3.63, 3.8) is 0 Å². The molecule has 1 aromatic carbocycles. The van der Waals surface area contributed by atoms with Crippen LogP contribution < -0.4 is 10.6 Å². The Labute approximate surface area is 97.1 Å². The van der Waals surface area contributed by atoms with Gasteiger partial charge in [0, 0.05) is 24.5 Å². The van der Waals surface area contributed by atoms with E-state index in [0.717, 1.165) is 25.9 Å². The Morgan fingerprint density at radius 1 is 1.00 bits per heavy atom. The minimum absolute atomic E-state index is 0.949. The third-order valence-corrected chi connectivity index (χ3v) is 2.59. The smallest absolute Gasteiger partial charge is 0.0340 e. The van der Waals surface area contributed by atoms with Gasteiger partial charge in [-0.15, -0.1) is 0 Å². The molecule has 0 atom stereocenters. The molecule has 2 rings (SSSR count). The fraction of sp³-hybridized carbons (Fsp3) is 0.286. The molecule has 0 fully saturated rings. The molecule has 0 saturated carbocycles. The Hall–Kier alpha value is -1.70. The van der Waals surface area contributed by atoms with Crippen LogP contribution in [-0.2, 0) is 0 Å². The molecule has 84 valence electrons. The monoisotopic (exact) mass is 214 g/mol. The first-order valence-electron chi connectivity index (χ1n) is 5.83. The summed E-state index contributed by atoms with van der Waals surface area (Å²) in [7, 11) is 0. The number of anilines is 1. The van der Waals surface area contributed by atoms with Crippen LogP contribution in [0.5, 0.6) is 0 Å².